The van der Waals surface area contributed by atoms with Crippen molar-refractivity contribution in [3.8, 4) is 5.75 Å². The van der Waals surface area contributed by atoms with E-state index in [-0.39, 0.29) is 17.0 Å². The van der Waals surface area contributed by atoms with E-state index >= 15 is 0 Å². The Hall–Kier alpha value is -3.51. The van der Waals surface area contributed by atoms with Gasteiger partial charge in [-0.2, -0.15) is 0 Å². The number of aromatic nitrogens is 1. The molecule has 0 bridgehead atoms. The first-order valence-electron chi connectivity index (χ1n) is 9.70. The van der Waals surface area contributed by atoms with Gasteiger partial charge in [-0.1, -0.05) is 60.1 Å². The van der Waals surface area contributed by atoms with Gasteiger partial charge in [0.25, 0.3) is 5.56 Å². The summed E-state index contributed by atoms with van der Waals surface area (Å²) < 4.78 is 12.3. The van der Waals surface area contributed by atoms with Crippen molar-refractivity contribution in [3.05, 3.63) is 110 Å². The number of carbonyl (C=O) groups excluding carboxylic acids is 1. The molecule has 1 aliphatic rings. The van der Waals surface area contributed by atoms with Crippen molar-refractivity contribution >= 4 is 17.6 Å². The Balaban J connectivity index is 1.97. The van der Waals surface area contributed by atoms with E-state index in [2.05, 4.69) is 0 Å². The molecule has 4 rings (SSSR count). The third-order valence-electron chi connectivity index (χ3n) is 5.37. The maximum absolute atomic E-state index is 13.7. The lowest BCUT2D eigenvalue weighted by Crippen LogP contribution is -2.35. The highest BCUT2D eigenvalue weighted by molar-refractivity contribution is 6.31. The summed E-state index contributed by atoms with van der Waals surface area (Å²) in [4.78, 5) is 26.4. The molecule has 0 aliphatic carbocycles. The van der Waals surface area contributed by atoms with Gasteiger partial charge in [-0.05, 0) is 24.1 Å². The molecule has 2 heterocycles. The van der Waals surface area contributed by atoms with Gasteiger partial charge in [-0.25, -0.2) is 4.79 Å². The van der Waals surface area contributed by atoms with Crippen LogP contribution < -0.4 is 16.0 Å². The molecular weight excluding hydrogens is 416 g/mol. The van der Waals surface area contributed by atoms with Crippen LogP contribution in [0.3, 0.4) is 0 Å². The molecule has 0 amide bonds. The van der Waals surface area contributed by atoms with E-state index in [0.29, 0.717) is 34.1 Å². The van der Waals surface area contributed by atoms with Crippen LogP contribution in [-0.4, -0.2) is 17.6 Å². The van der Waals surface area contributed by atoms with Gasteiger partial charge < -0.3 is 19.8 Å². The number of halogens is 1. The second kappa shape index (κ2) is 8.32. The van der Waals surface area contributed by atoms with Crippen LogP contribution in [0.25, 0.3) is 0 Å². The number of methoxy groups -OCH3 is 1. The second-order valence-corrected chi connectivity index (χ2v) is 7.67. The molecule has 3 aromatic rings. The van der Waals surface area contributed by atoms with Crippen molar-refractivity contribution in [3.63, 3.8) is 0 Å². The molecule has 2 N–H and O–H groups in total. The Bertz CT molecular complexity index is 1250. The third kappa shape index (κ3) is 3.70. The molecule has 0 spiro atoms. The fourth-order valence-corrected chi connectivity index (χ4v) is 4.12. The number of nitrogens with two attached hydrogens (primary N) is 1. The first kappa shape index (κ1) is 20.8. The topological polar surface area (TPSA) is 83.5 Å². The highest BCUT2D eigenvalue weighted by Gasteiger charge is 2.39. The molecule has 2 aromatic carbocycles. The fourth-order valence-electron chi connectivity index (χ4n) is 3.88. The average molecular weight is 437 g/mol. The number of aryl methyl sites for hydroxylation is 1. The second-order valence-electron chi connectivity index (χ2n) is 7.27. The number of rotatable bonds is 4. The lowest BCUT2D eigenvalue weighted by atomic mass is 9.83. The highest BCUT2D eigenvalue weighted by atomic mass is 35.5. The Morgan fingerprint density at radius 2 is 1.84 bits per heavy atom. The standard InChI is InChI=1S/C24H21ClN2O4/c1-14-12-18-20(23(28)27(14)13-15-8-4-3-5-9-15)19(16-10-6-7-11-17(16)25)21(22(26)31-18)24(29)30-2/h3-12,19H,13,26H2,1-2H3/t19-/m0/s1. The summed E-state index contributed by atoms with van der Waals surface area (Å²) in [6.07, 6.45) is 0. The summed E-state index contributed by atoms with van der Waals surface area (Å²) in [6, 6.07) is 18.4. The largest absolute Gasteiger partial charge is 0.465 e. The van der Waals surface area contributed by atoms with Crippen molar-refractivity contribution in [1.29, 1.82) is 0 Å². The van der Waals surface area contributed by atoms with Crippen LogP contribution in [0.4, 0.5) is 0 Å². The molecule has 0 radical (unpaired) electrons. The normalized spacial score (nSPS) is 15.3. The van der Waals surface area contributed by atoms with E-state index in [1.54, 1.807) is 34.9 Å². The van der Waals surface area contributed by atoms with Gasteiger partial charge in [-0.3, -0.25) is 4.79 Å². The minimum absolute atomic E-state index is 0.0512. The summed E-state index contributed by atoms with van der Waals surface area (Å²) in [5.41, 5.74) is 8.44. The molecule has 1 aliphatic heterocycles. The van der Waals surface area contributed by atoms with Crippen LogP contribution >= 0.6 is 11.6 Å². The molecule has 6 nitrogen and oxygen atoms in total. The molecule has 0 unspecified atom stereocenters. The van der Waals surface area contributed by atoms with Crippen LogP contribution in [0.15, 0.2) is 76.9 Å². The zero-order chi connectivity index (χ0) is 22.1. The first-order chi connectivity index (χ1) is 14.9. The van der Waals surface area contributed by atoms with E-state index in [9.17, 15) is 9.59 Å². The summed E-state index contributed by atoms with van der Waals surface area (Å²) >= 11 is 6.47. The molecule has 31 heavy (non-hydrogen) atoms. The third-order valence-corrected chi connectivity index (χ3v) is 5.72. The predicted molar refractivity (Wildman–Crippen MR) is 118 cm³/mol. The maximum Gasteiger partial charge on any atom is 0.340 e. The molecule has 0 saturated heterocycles. The first-order valence-corrected chi connectivity index (χ1v) is 10.1. The SMILES string of the molecule is COC(=O)C1=C(N)Oc2cc(C)n(Cc3ccccc3)c(=O)c2[C@@H]1c1ccccc1Cl. The van der Waals surface area contributed by atoms with Gasteiger partial charge in [0.1, 0.15) is 11.3 Å². The highest BCUT2D eigenvalue weighted by Crippen LogP contribution is 2.43. The monoisotopic (exact) mass is 436 g/mol. The van der Waals surface area contributed by atoms with Crippen molar-refractivity contribution in [2.45, 2.75) is 19.4 Å². The number of fused-ring (bicyclic) bond motifs is 1. The predicted octanol–water partition coefficient (Wildman–Crippen LogP) is 3.73. The summed E-state index contributed by atoms with van der Waals surface area (Å²) in [5.74, 6) is -1.30. The molecule has 0 fully saturated rings. The van der Waals surface area contributed by atoms with Gasteiger partial charge in [0.2, 0.25) is 5.88 Å². The van der Waals surface area contributed by atoms with Gasteiger partial charge in [0, 0.05) is 16.8 Å². The maximum atomic E-state index is 13.7. The Morgan fingerprint density at radius 1 is 1.16 bits per heavy atom. The Labute approximate surface area is 184 Å². The number of hydrogen-bond donors (Lipinski definition) is 1. The van der Waals surface area contributed by atoms with Crippen LogP contribution in [-0.2, 0) is 16.1 Å². The summed E-state index contributed by atoms with van der Waals surface area (Å²) in [5, 5.41) is 0.407. The number of nitrogens with zero attached hydrogens (tertiary/aromatic N) is 1. The smallest absolute Gasteiger partial charge is 0.340 e. The van der Waals surface area contributed by atoms with Gasteiger partial charge >= 0.3 is 5.97 Å². The molecule has 1 atom stereocenters. The lowest BCUT2D eigenvalue weighted by Gasteiger charge is -2.29. The molecular formula is C24H21ClN2O4. The van der Waals surface area contributed by atoms with Crippen LogP contribution in [0.5, 0.6) is 5.75 Å². The number of pyridine rings is 1. The van der Waals surface area contributed by atoms with Gasteiger partial charge in [0.05, 0.1) is 25.1 Å². The summed E-state index contributed by atoms with van der Waals surface area (Å²) in [6.45, 7) is 2.20. The quantitative estimate of drug-likeness (QED) is 0.630. The molecule has 7 heteroatoms. The van der Waals surface area contributed by atoms with Gasteiger partial charge in [-0.15, -0.1) is 0 Å². The molecule has 0 saturated carbocycles. The summed E-state index contributed by atoms with van der Waals surface area (Å²) in [7, 11) is 1.25. The van der Waals surface area contributed by atoms with E-state index in [4.69, 9.17) is 26.8 Å². The molecule has 158 valence electrons. The average Bonchev–Trinajstić information content (AvgIpc) is 2.76. The Morgan fingerprint density at radius 3 is 2.52 bits per heavy atom. The number of esters is 1. The van der Waals surface area contributed by atoms with Crippen LogP contribution in [0.1, 0.15) is 28.3 Å². The molecule has 1 aromatic heterocycles. The van der Waals surface area contributed by atoms with E-state index in [1.807, 2.05) is 37.3 Å². The number of ether oxygens (including phenoxy) is 2. The van der Waals surface area contributed by atoms with Crippen LogP contribution in [0.2, 0.25) is 5.02 Å². The fraction of sp³-hybridized carbons (Fsp3) is 0.167. The van der Waals surface area contributed by atoms with Crippen LogP contribution in [0, 0.1) is 6.92 Å². The minimum atomic E-state index is -0.819. The van der Waals surface area contributed by atoms with E-state index < -0.39 is 11.9 Å². The van der Waals surface area contributed by atoms with Gasteiger partial charge in [0.15, 0.2) is 0 Å². The van der Waals surface area contributed by atoms with Crippen molar-refractivity contribution in [2.75, 3.05) is 7.11 Å². The minimum Gasteiger partial charge on any atom is -0.465 e. The lowest BCUT2D eigenvalue weighted by molar-refractivity contribution is -0.136. The van der Waals surface area contributed by atoms with Crippen molar-refractivity contribution < 1.29 is 14.3 Å². The van der Waals surface area contributed by atoms with Crippen molar-refractivity contribution in [2.24, 2.45) is 5.73 Å². The zero-order valence-electron chi connectivity index (χ0n) is 17.1. The zero-order valence-corrected chi connectivity index (χ0v) is 17.8. The van der Waals surface area contributed by atoms with E-state index in [0.717, 1.165) is 5.56 Å². The Kier molecular flexibility index (Phi) is 5.57. The number of hydrogen-bond acceptors (Lipinski definition) is 5. The number of carbonyl (C=O) groups is 1. The van der Waals surface area contributed by atoms with E-state index in [1.165, 1.54) is 7.11 Å². The number of benzene rings is 2. The van der Waals surface area contributed by atoms with Crippen molar-refractivity contribution in [1.82, 2.24) is 4.57 Å².